The van der Waals surface area contributed by atoms with Crippen LogP contribution in [0.4, 0.5) is 5.82 Å². The summed E-state index contributed by atoms with van der Waals surface area (Å²) in [6, 6.07) is 8.88. The van der Waals surface area contributed by atoms with Crippen LogP contribution in [-0.4, -0.2) is 38.0 Å². The van der Waals surface area contributed by atoms with Gasteiger partial charge >= 0.3 is 5.97 Å². The molecule has 128 valence electrons. The zero-order valence-corrected chi connectivity index (χ0v) is 13.7. The molecule has 0 fully saturated rings. The number of benzene rings is 1. The van der Waals surface area contributed by atoms with Crippen molar-refractivity contribution in [3.8, 4) is 0 Å². The molecule has 0 saturated carbocycles. The Bertz CT molecular complexity index is 892. The quantitative estimate of drug-likeness (QED) is 0.545. The average Bonchev–Trinajstić information content (AvgIpc) is 3.03. The van der Waals surface area contributed by atoms with E-state index in [4.69, 9.17) is 4.74 Å². The summed E-state index contributed by atoms with van der Waals surface area (Å²) in [5.74, 6) is -0.202. The second kappa shape index (κ2) is 7.52. The van der Waals surface area contributed by atoms with Gasteiger partial charge in [-0.15, -0.1) is 0 Å². The number of hydrogen-bond donors (Lipinski definition) is 1. The summed E-state index contributed by atoms with van der Waals surface area (Å²) in [6.45, 7) is 2.30. The van der Waals surface area contributed by atoms with Crippen molar-refractivity contribution in [1.82, 2.24) is 19.5 Å². The first-order chi connectivity index (χ1) is 12.1. The molecular formula is C17H17N5O3. The molecule has 25 heavy (non-hydrogen) atoms. The van der Waals surface area contributed by atoms with Crippen molar-refractivity contribution >= 4 is 28.9 Å². The fraction of sp³-hybridized carbons (Fsp3) is 0.235. The van der Waals surface area contributed by atoms with Gasteiger partial charge in [0.05, 0.1) is 12.9 Å². The number of aryl methyl sites for hydroxylation is 1. The third-order valence-corrected chi connectivity index (χ3v) is 3.52. The van der Waals surface area contributed by atoms with Gasteiger partial charge in [-0.2, -0.15) is 0 Å². The van der Waals surface area contributed by atoms with E-state index in [0.717, 1.165) is 0 Å². The Balaban J connectivity index is 1.74. The molecule has 3 rings (SSSR count). The van der Waals surface area contributed by atoms with E-state index in [0.29, 0.717) is 42.1 Å². The van der Waals surface area contributed by atoms with E-state index in [1.165, 1.54) is 13.3 Å². The van der Waals surface area contributed by atoms with Crippen LogP contribution in [-0.2, 0) is 16.1 Å². The summed E-state index contributed by atoms with van der Waals surface area (Å²) in [4.78, 5) is 35.7. The number of amides is 1. The van der Waals surface area contributed by atoms with Crippen LogP contribution in [0.2, 0.25) is 0 Å². The molecule has 0 aliphatic carbocycles. The maximum absolute atomic E-state index is 12.3. The molecule has 2 aromatic heterocycles. The highest BCUT2D eigenvalue weighted by atomic mass is 16.5. The van der Waals surface area contributed by atoms with Crippen LogP contribution in [0.3, 0.4) is 0 Å². The highest BCUT2D eigenvalue weighted by molar-refractivity contribution is 6.06. The Hall–Kier alpha value is -3.29. The van der Waals surface area contributed by atoms with Gasteiger partial charge in [-0.3, -0.25) is 9.59 Å². The summed E-state index contributed by atoms with van der Waals surface area (Å²) in [7, 11) is 0. The van der Waals surface area contributed by atoms with E-state index in [9.17, 15) is 9.59 Å². The summed E-state index contributed by atoms with van der Waals surface area (Å²) >= 11 is 0. The number of fused-ring (bicyclic) bond motifs is 1. The number of aromatic nitrogens is 4. The van der Waals surface area contributed by atoms with Crippen LogP contribution in [0.5, 0.6) is 0 Å². The van der Waals surface area contributed by atoms with Gasteiger partial charge in [0.15, 0.2) is 17.0 Å². The Morgan fingerprint density at radius 2 is 1.96 bits per heavy atom. The molecule has 0 bridgehead atoms. The molecule has 8 nitrogen and oxygen atoms in total. The number of esters is 1. The van der Waals surface area contributed by atoms with Gasteiger partial charge in [0.25, 0.3) is 5.91 Å². The molecule has 8 heteroatoms. The summed E-state index contributed by atoms with van der Waals surface area (Å²) < 4.78 is 6.75. The molecule has 0 spiro atoms. The number of rotatable bonds is 6. The first kappa shape index (κ1) is 16.6. The minimum atomic E-state index is -0.302. The lowest BCUT2D eigenvalue weighted by Crippen LogP contribution is -2.13. The standard InChI is InChI=1S/C17H17N5O3/c1-12(23)25-9-5-8-22-11-20-14-15(18-10-19-16(14)22)21-17(24)13-6-3-2-4-7-13/h2-4,6-7,10-11H,5,8-9H2,1H3,(H,18,19,21,24). The number of nitrogens with zero attached hydrogens (tertiary/aromatic N) is 4. The van der Waals surface area contributed by atoms with Crippen molar-refractivity contribution in [3.63, 3.8) is 0 Å². The van der Waals surface area contributed by atoms with Crippen molar-refractivity contribution < 1.29 is 14.3 Å². The molecule has 0 aliphatic rings. The average molecular weight is 339 g/mol. The molecule has 3 aromatic rings. The molecular weight excluding hydrogens is 322 g/mol. The normalized spacial score (nSPS) is 10.6. The smallest absolute Gasteiger partial charge is 0.302 e. The zero-order chi connectivity index (χ0) is 17.6. The van der Waals surface area contributed by atoms with Gasteiger partial charge < -0.3 is 14.6 Å². The molecule has 0 saturated heterocycles. The molecule has 1 aromatic carbocycles. The molecule has 0 atom stereocenters. The van der Waals surface area contributed by atoms with Crippen LogP contribution in [0.15, 0.2) is 43.0 Å². The third-order valence-electron chi connectivity index (χ3n) is 3.52. The second-order valence-corrected chi connectivity index (χ2v) is 5.35. The number of ether oxygens (including phenoxy) is 1. The maximum atomic E-state index is 12.3. The predicted molar refractivity (Wildman–Crippen MR) is 91.0 cm³/mol. The lowest BCUT2D eigenvalue weighted by atomic mass is 10.2. The van der Waals surface area contributed by atoms with E-state index < -0.39 is 0 Å². The van der Waals surface area contributed by atoms with Crippen LogP contribution >= 0.6 is 0 Å². The van der Waals surface area contributed by atoms with Crippen molar-refractivity contribution in [3.05, 3.63) is 48.5 Å². The zero-order valence-electron chi connectivity index (χ0n) is 13.7. The minimum absolute atomic E-state index is 0.259. The van der Waals surface area contributed by atoms with Crippen molar-refractivity contribution in [2.75, 3.05) is 11.9 Å². The van der Waals surface area contributed by atoms with Crippen molar-refractivity contribution in [2.24, 2.45) is 0 Å². The molecule has 0 radical (unpaired) electrons. The van der Waals surface area contributed by atoms with E-state index in [1.807, 2.05) is 10.6 Å². The van der Waals surface area contributed by atoms with Crippen LogP contribution < -0.4 is 5.32 Å². The summed E-state index contributed by atoms with van der Waals surface area (Å²) in [6.07, 6.45) is 3.65. The second-order valence-electron chi connectivity index (χ2n) is 5.35. The number of imidazole rings is 1. The molecule has 0 unspecified atom stereocenters. The van der Waals surface area contributed by atoms with E-state index in [1.54, 1.807) is 30.6 Å². The number of carbonyl (C=O) groups excluding carboxylic acids is 2. The highest BCUT2D eigenvalue weighted by Crippen LogP contribution is 2.18. The summed E-state index contributed by atoms with van der Waals surface area (Å²) in [5.41, 5.74) is 1.66. The largest absolute Gasteiger partial charge is 0.466 e. The number of hydrogen-bond acceptors (Lipinski definition) is 6. The maximum Gasteiger partial charge on any atom is 0.302 e. The third kappa shape index (κ3) is 3.97. The lowest BCUT2D eigenvalue weighted by Gasteiger charge is -2.06. The minimum Gasteiger partial charge on any atom is -0.466 e. The van der Waals surface area contributed by atoms with Gasteiger partial charge in [0, 0.05) is 19.0 Å². The SMILES string of the molecule is CC(=O)OCCCn1cnc2c(NC(=O)c3ccccc3)ncnc21. The first-order valence-electron chi connectivity index (χ1n) is 7.81. The number of nitrogens with one attached hydrogen (secondary N) is 1. The van der Waals surface area contributed by atoms with E-state index >= 15 is 0 Å². The molecule has 0 aliphatic heterocycles. The summed E-state index contributed by atoms with van der Waals surface area (Å²) in [5, 5.41) is 2.76. The highest BCUT2D eigenvalue weighted by Gasteiger charge is 2.13. The van der Waals surface area contributed by atoms with Crippen LogP contribution in [0, 0.1) is 0 Å². The van der Waals surface area contributed by atoms with Gasteiger partial charge in [-0.05, 0) is 18.6 Å². The molecule has 2 heterocycles. The van der Waals surface area contributed by atoms with Gasteiger partial charge in [0.1, 0.15) is 6.33 Å². The van der Waals surface area contributed by atoms with Crippen molar-refractivity contribution in [2.45, 2.75) is 19.9 Å². The monoisotopic (exact) mass is 339 g/mol. The lowest BCUT2D eigenvalue weighted by molar-refractivity contribution is -0.141. The van der Waals surface area contributed by atoms with E-state index in [2.05, 4.69) is 20.3 Å². The topological polar surface area (TPSA) is 99.0 Å². The van der Waals surface area contributed by atoms with Gasteiger partial charge in [-0.25, -0.2) is 15.0 Å². The Morgan fingerprint density at radius 1 is 1.16 bits per heavy atom. The Kier molecular flexibility index (Phi) is 4.98. The predicted octanol–water partition coefficient (Wildman–Crippen LogP) is 2.03. The van der Waals surface area contributed by atoms with Gasteiger partial charge in [0.2, 0.25) is 0 Å². The Morgan fingerprint density at radius 3 is 2.72 bits per heavy atom. The Labute approximate surface area is 143 Å². The van der Waals surface area contributed by atoms with Gasteiger partial charge in [-0.1, -0.05) is 18.2 Å². The first-order valence-corrected chi connectivity index (χ1v) is 7.81. The fourth-order valence-electron chi connectivity index (χ4n) is 2.36. The number of anilines is 1. The fourth-order valence-corrected chi connectivity index (χ4v) is 2.36. The molecule has 1 amide bonds. The van der Waals surface area contributed by atoms with Crippen molar-refractivity contribution in [1.29, 1.82) is 0 Å². The van der Waals surface area contributed by atoms with E-state index in [-0.39, 0.29) is 11.9 Å². The van der Waals surface area contributed by atoms with Crippen LogP contribution in [0.25, 0.3) is 11.2 Å². The number of carbonyl (C=O) groups is 2. The van der Waals surface area contributed by atoms with Crippen LogP contribution in [0.1, 0.15) is 23.7 Å². The molecule has 1 N–H and O–H groups in total.